The molecule has 1 N–H and O–H groups in total. The van der Waals surface area contributed by atoms with Crippen LogP contribution in [0.4, 0.5) is 0 Å². The summed E-state index contributed by atoms with van der Waals surface area (Å²) in [7, 11) is -3.78. The van der Waals surface area contributed by atoms with Gasteiger partial charge in [-0.3, -0.25) is 5.10 Å². The van der Waals surface area contributed by atoms with E-state index in [0.717, 1.165) is 20.6 Å². The third kappa shape index (κ3) is 2.81. The fourth-order valence-corrected chi connectivity index (χ4v) is 3.91. The van der Waals surface area contributed by atoms with Crippen molar-refractivity contribution in [3.63, 3.8) is 0 Å². The third-order valence-corrected chi connectivity index (χ3v) is 5.48. The van der Waals surface area contributed by atoms with Crippen molar-refractivity contribution in [3.05, 3.63) is 66.5 Å². The molecular formula is C17H15ClN4O2S. The number of H-pyrrole nitrogens is 1. The molecule has 25 heavy (non-hydrogen) atoms. The predicted molar refractivity (Wildman–Crippen MR) is 98.3 cm³/mol. The van der Waals surface area contributed by atoms with Gasteiger partial charge in [-0.05, 0) is 25.1 Å². The Hall–Kier alpha value is -2.64. The minimum Gasteiger partial charge on any atom is -0.285 e. The van der Waals surface area contributed by atoms with Crippen molar-refractivity contribution in [2.24, 2.45) is 0 Å². The molecule has 0 unspecified atom stereocenters. The Morgan fingerprint density at radius 3 is 2.44 bits per heavy atom. The first-order chi connectivity index (χ1) is 11.6. The lowest BCUT2D eigenvalue weighted by atomic mass is 10.1. The van der Waals surface area contributed by atoms with Crippen LogP contribution in [0.25, 0.3) is 22.2 Å². The second-order valence-electron chi connectivity index (χ2n) is 5.51. The molecule has 0 fully saturated rings. The standard InChI is InChI=1S/C17H14N4O2S.ClH/c1-12-6-8-14(9-7-12)24(22,23)21-16-5-3-2-4-15(16)17(20-21)13-10-18-19-11-13;/h2-11H,1H3,(H,18,19);1H. The van der Waals surface area contributed by atoms with Crippen LogP contribution in [0.3, 0.4) is 0 Å². The number of nitrogens with zero attached hydrogens (tertiary/aromatic N) is 3. The van der Waals surface area contributed by atoms with E-state index in [2.05, 4.69) is 15.3 Å². The van der Waals surface area contributed by atoms with Crippen LogP contribution in [-0.2, 0) is 10.0 Å². The van der Waals surface area contributed by atoms with Gasteiger partial charge in [-0.25, -0.2) is 0 Å². The molecule has 4 rings (SSSR count). The van der Waals surface area contributed by atoms with Crippen LogP contribution in [0.2, 0.25) is 0 Å². The summed E-state index contributed by atoms with van der Waals surface area (Å²) in [6, 6.07) is 14.0. The van der Waals surface area contributed by atoms with E-state index in [0.29, 0.717) is 11.2 Å². The number of aromatic nitrogens is 4. The number of aromatic amines is 1. The maximum absolute atomic E-state index is 13.0. The Balaban J connectivity index is 0.00000182. The van der Waals surface area contributed by atoms with Crippen molar-refractivity contribution in [3.8, 4) is 11.3 Å². The number of halogens is 1. The highest BCUT2D eigenvalue weighted by atomic mass is 35.5. The molecule has 0 spiro atoms. The lowest BCUT2D eigenvalue weighted by Gasteiger charge is -2.06. The number of para-hydroxylation sites is 1. The first-order valence-corrected chi connectivity index (χ1v) is 8.80. The highest BCUT2D eigenvalue weighted by Crippen LogP contribution is 2.29. The first kappa shape index (κ1) is 17.2. The zero-order valence-electron chi connectivity index (χ0n) is 13.2. The molecule has 8 heteroatoms. The minimum atomic E-state index is -3.78. The number of aryl methyl sites for hydroxylation is 1. The van der Waals surface area contributed by atoms with Gasteiger partial charge in [-0.1, -0.05) is 35.9 Å². The lowest BCUT2D eigenvalue weighted by molar-refractivity contribution is 0.582. The van der Waals surface area contributed by atoms with E-state index >= 15 is 0 Å². The molecule has 6 nitrogen and oxygen atoms in total. The van der Waals surface area contributed by atoms with Gasteiger partial charge in [0.15, 0.2) is 0 Å². The second kappa shape index (κ2) is 6.34. The molecule has 0 saturated carbocycles. The van der Waals surface area contributed by atoms with Crippen LogP contribution >= 0.6 is 12.4 Å². The predicted octanol–water partition coefficient (Wildman–Crippen LogP) is 3.39. The lowest BCUT2D eigenvalue weighted by Crippen LogP contribution is -2.14. The third-order valence-electron chi connectivity index (χ3n) is 3.87. The zero-order valence-corrected chi connectivity index (χ0v) is 14.9. The summed E-state index contributed by atoms with van der Waals surface area (Å²) in [5.41, 5.74) is 2.85. The van der Waals surface area contributed by atoms with E-state index in [1.54, 1.807) is 48.8 Å². The van der Waals surface area contributed by atoms with Gasteiger partial charge in [0.25, 0.3) is 10.0 Å². The van der Waals surface area contributed by atoms with E-state index in [1.165, 1.54) is 0 Å². The monoisotopic (exact) mass is 374 g/mol. The maximum Gasteiger partial charge on any atom is 0.283 e. The van der Waals surface area contributed by atoms with Gasteiger partial charge in [0.2, 0.25) is 0 Å². The Labute approximate surface area is 151 Å². The quantitative estimate of drug-likeness (QED) is 0.596. The molecule has 0 atom stereocenters. The largest absolute Gasteiger partial charge is 0.285 e. The average Bonchev–Trinajstić information content (AvgIpc) is 3.23. The Morgan fingerprint density at radius 2 is 1.76 bits per heavy atom. The Bertz CT molecular complexity index is 1120. The van der Waals surface area contributed by atoms with Crippen molar-refractivity contribution in [2.45, 2.75) is 11.8 Å². The van der Waals surface area contributed by atoms with Crippen molar-refractivity contribution < 1.29 is 8.42 Å². The maximum atomic E-state index is 13.0. The van der Waals surface area contributed by atoms with Gasteiger partial charge in [-0.15, -0.1) is 12.4 Å². The van der Waals surface area contributed by atoms with Crippen LogP contribution in [0.1, 0.15) is 5.56 Å². The summed E-state index contributed by atoms with van der Waals surface area (Å²) in [6.45, 7) is 1.91. The molecule has 0 amide bonds. The van der Waals surface area contributed by atoms with E-state index < -0.39 is 10.0 Å². The molecule has 128 valence electrons. The van der Waals surface area contributed by atoms with Crippen LogP contribution in [-0.4, -0.2) is 27.8 Å². The van der Waals surface area contributed by atoms with Crippen LogP contribution in [0.5, 0.6) is 0 Å². The van der Waals surface area contributed by atoms with E-state index in [4.69, 9.17) is 0 Å². The van der Waals surface area contributed by atoms with Crippen LogP contribution in [0.15, 0.2) is 65.8 Å². The van der Waals surface area contributed by atoms with E-state index in [-0.39, 0.29) is 17.3 Å². The van der Waals surface area contributed by atoms with Crippen molar-refractivity contribution in [1.29, 1.82) is 0 Å². The first-order valence-electron chi connectivity index (χ1n) is 7.36. The number of benzene rings is 2. The molecular weight excluding hydrogens is 360 g/mol. The molecule has 0 aliphatic heterocycles. The average molecular weight is 375 g/mol. The molecule has 2 heterocycles. The smallest absolute Gasteiger partial charge is 0.283 e. The number of nitrogens with one attached hydrogen (secondary N) is 1. The second-order valence-corrected chi connectivity index (χ2v) is 7.28. The van der Waals surface area contributed by atoms with Gasteiger partial charge in [0.1, 0.15) is 5.69 Å². The van der Waals surface area contributed by atoms with Gasteiger partial charge in [0.05, 0.1) is 16.6 Å². The molecule has 0 aliphatic rings. The topological polar surface area (TPSA) is 80.6 Å². The summed E-state index contributed by atoms with van der Waals surface area (Å²) in [6.07, 6.45) is 3.31. The molecule has 4 aromatic rings. The van der Waals surface area contributed by atoms with Gasteiger partial charge < -0.3 is 0 Å². The fourth-order valence-electron chi connectivity index (χ4n) is 2.63. The SMILES string of the molecule is Cc1ccc(S(=O)(=O)n2nc(-c3cn[nH]c3)c3ccccc32)cc1.Cl. The van der Waals surface area contributed by atoms with Gasteiger partial charge in [-0.2, -0.15) is 22.7 Å². The normalized spacial score (nSPS) is 11.4. The van der Waals surface area contributed by atoms with E-state index in [9.17, 15) is 8.42 Å². The molecule has 0 aliphatic carbocycles. The van der Waals surface area contributed by atoms with Crippen molar-refractivity contribution >= 4 is 33.3 Å². The minimum absolute atomic E-state index is 0. The fraction of sp³-hybridized carbons (Fsp3) is 0.0588. The number of rotatable bonds is 3. The Morgan fingerprint density at radius 1 is 1.04 bits per heavy atom. The summed E-state index contributed by atoms with van der Waals surface area (Å²) >= 11 is 0. The molecule has 0 saturated heterocycles. The molecule has 2 aromatic heterocycles. The summed E-state index contributed by atoms with van der Waals surface area (Å²) in [5, 5.41) is 11.8. The van der Waals surface area contributed by atoms with Crippen molar-refractivity contribution in [2.75, 3.05) is 0 Å². The number of fused-ring (bicyclic) bond motifs is 1. The summed E-state index contributed by atoms with van der Waals surface area (Å²) < 4.78 is 27.1. The summed E-state index contributed by atoms with van der Waals surface area (Å²) in [5.74, 6) is 0. The molecule has 0 radical (unpaired) electrons. The summed E-state index contributed by atoms with van der Waals surface area (Å²) in [4.78, 5) is 0.208. The number of hydrogen-bond donors (Lipinski definition) is 1. The Kier molecular flexibility index (Phi) is 4.36. The highest BCUT2D eigenvalue weighted by Gasteiger charge is 2.23. The molecule has 0 bridgehead atoms. The van der Waals surface area contributed by atoms with Crippen molar-refractivity contribution in [1.82, 2.24) is 19.4 Å². The van der Waals surface area contributed by atoms with Gasteiger partial charge in [0, 0.05) is 17.1 Å². The number of hydrogen-bond acceptors (Lipinski definition) is 4. The molecule has 2 aromatic carbocycles. The van der Waals surface area contributed by atoms with E-state index in [1.807, 2.05) is 19.1 Å². The zero-order chi connectivity index (χ0) is 16.7. The van der Waals surface area contributed by atoms with Gasteiger partial charge >= 0.3 is 0 Å². The van der Waals surface area contributed by atoms with Crippen LogP contribution < -0.4 is 0 Å². The van der Waals surface area contributed by atoms with Crippen LogP contribution in [0, 0.1) is 6.92 Å². The highest BCUT2D eigenvalue weighted by molar-refractivity contribution is 7.90.